The van der Waals surface area contributed by atoms with E-state index in [0.717, 1.165) is 10.2 Å². The van der Waals surface area contributed by atoms with Crippen LogP contribution >= 0.6 is 11.3 Å². The monoisotopic (exact) mass is 337 g/mol. The minimum atomic E-state index is -3.55. The van der Waals surface area contributed by atoms with E-state index < -0.39 is 10.0 Å². The highest BCUT2D eigenvalue weighted by Crippen LogP contribution is 2.26. The molecule has 1 N–H and O–H groups in total. The third-order valence-electron chi connectivity index (χ3n) is 3.62. The van der Waals surface area contributed by atoms with Gasteiger partial charge in [0, 0.05) is 19.1 Å². The number of carbonyl (C=O) groups excluding carboxylic acids is 1. The number of fused-ring (bicyclic) bond motifs is 1. The summed E-state index contributed by atoms with van der Waals surface area (Å²) in [5.74, 6) is -0.282. The van der Waals surface area contributed by atoms with Crippen LogP contribution in [-0.4, -0.2) is 42.7 Å². The SMILES string of the molecule is C=CC(=O)N[C@H]1CCN(S(=O)(=O)c2ccc3ncsc3c2)C1. The number of hydrogen-bond donors (Lipinski definition) is 1. The van der Waals surface area contributed by atoms with Crippen LogP contribution in [0.25, 0.3) is 10.2 Å². The molecule has 1 aliphatic rings. The minimum Gasteiger partial charge on any atom is -0.348 e. The van der Waals surface area contributed by atoms with Gasteiger partial charge in [0.2, 0.25) is 15.9 Å². The van der Waals surface area contributed by atoms with E-state index in [2.05, 4.69) is 16.9 Å². The van der Waals surface area contributed by atoms with Crippen LogP contribution in [0.4, 0.5) is 0 Å². The average molecular weight is 337 g/mol. The smallest absolute Gasteiger partial charge is 0.243 e. The fraction of sp³-hybridized carbons (Fsp3) is 0.286. The summed E-state index contributed by atoms with van der Waals surface area (Å²) < 4.78 is 27.6. The van der Waals surface area contributed by atoms with Gasteiger partial charge in [0.25, 0.3) is 0 Å². The predicted molar refractivity (Wildman–Crippen MR) is 85.1 cm³/mol. The number of nitrogens with one attached hydrogen (secondary N) is 1. The van der Waals surface area contributed by atoms with Crippen molar-refractivity contribution < 1.29 is 13.2 Å². The van der Waals surface area contributed by atoms with Crippen molar-refractivity contribution >= 4 is 37.5 Å². The van der Waals surface area contributed by atoms with Gasteiger partial charge in [0.05, 0.1) is 20.6 Å². The Kier molecular flexibility index (Phi) is 3.98. The second-order valence-corrected chi connectivity index (χ2v) is 7.87. The van der Waals surface area contributed by atoms with E-state index in [1.807, 2.05) is 0 Å². The Morgan fingerprint density at radius 3 is 3.09 bits per heavy atom. The topological polar surface area (TPSA) is 79.4 Å². The second kappa shape index (κ2) is 5.79. The van der Waals surface area contributed by atoms with E-state index in [1.165, 1.54) is 21.7 Å². The summed E-state index contributed by atoms with van der Waals surface area (Å²) in [7, 11) is -3.55. The van der Waals surface area contributed by atoms with Gasteiger partial charge in [-0.2, -0.15) is 4.31 Å². The van der Waals surface area contributed by atoms with E-state index in [9.17, 15) is 13.2 Å². The number of rotatable bonds is 4. The lowest BCUT2D eigenvalue weighted by atomic mass is 10.2. The first kappa shape index (κ1) is 15.1. The van der Waals surface area contributed by atoms with E-state index in [1.54, 1.807) is 23.7 Å². The molecule has 0 bridgehead atoms. The molecule has 1 amide bonds. The van der Waals surface area contributed by atoms with Crippen molar-refractivity contribution in [2.24, 2.45) is 0 Å². The van der Waals surface area contributed by atoms with Crippen molar-refractivity contribution in [3.8, 4) is 0 Å². The summed E-state index contributed by atoms with van der Waals surface area (Å²) in [6.45, 7) is 4.07. The molecule has 2 heterocycles. The van der Waals surface area contributed by atoms with E-state index in [-0.39, 0.29) is 23.4 Å². The van der Waals surface area contributed by atoms with Gasteiger partial charge in [-0.25, -0.2) is 13.4 Å². The zero-order valence-corrected chi connectivity index (χ0v) is 13.4. The molecule has 8 heteroatoms. The summed E-state index contributed by atoms with van der Waals surface area (Å²) >= 11 is 1.41. The highest BCUT2D eigenvalue weighted by Gasteiger charge is 2.33. The van der Waals surface area contributed by atoms with Gasteiger partial charge < -0.3 is 5.32 Å². The Bertz CT molecular complexity index is 829. The van der Waals surface area contributed by atoms with Crippen LogP contribution < -0.4 is 5.32 Å². The average Bonchev–Trinajstić information content (AvgIpc) is 3.15. The van der Waals surface area contributed by atoms with Crippen molar-refractivity contribution in [2.75, 3.05) is 13.1 Å². The molecule has 1 aliphatic heterocycles. The van der Waals surface area contributed by atoms with Gasteiger partial charge >= 0.3 is 0 Å². The van der Waals surface area contributed by atoms with E-state index in [0.29, 0.717) is 13.0 Å². The van der Waals surface area contributed by atoms with E-state index >= 15 is 0 Å². The molecule has 2 aromatic rings. The molecule has 1 aromatic carbocycles. The Morgan fingerprint density at radius 1 is 1.50 bits per heavy atom. The van der Waals surface area contributed by atoms with Gasteiger partial charge in [-0.3, -0.25) is 4.79 Å². The second-order valence-electron chi connectivity index (χ2n) is 5.04. The van der Waals surface area contributed by atoms with Crippen molar-refractivity contribution in [2.45, 2.75) is 17.4 Å². The van der Waals surface area contributed by atoms with Crippen LogP contribution in [0.3, 0.4) is 0 Å². The lowest BCUT2D eigenvalue weighted by Gasteiger charge is -2.17. The first-order chi connectivity index (χ1) is 10.5. The molecular formula is C14H15N3O3S2. The molecule has 0 radical (unpaired) electrons. The number of hydrogen-bond acceptors (Lipinski definition) is 5. The van der Waals surface area contributed by atoms with Gasteiger partial charge in [-0.1, -0.05) is 6.58 Å². The molecule has 3 rings (SSSR count). The van der Waals surface area contributed by atoms with Crippen molar-refractivity contribution in [1.82, 2.24) is 14.6 Å². The standard InChI is InChI=1S/C14H15N3O3S2/c1-2-14(18)16-10-5-6-17(8-10)22(19,20)11-3-4-12-13(7-11)21-9-15-12/h2-4,7,9-10H,1,5-6,8H2,(H,16,18)/t10-/m0/s1. The highest BCUT2D eigenvalue weighted by atomic mass is 32.2. The normalized spacial score (nSPS) is 19.4. The zero-order chi connectivity index (χ0) is 15.7. The Morgan fingerprint density at radius 2 is 2.32 bits per heavy atom. The maximum absolute atomic E-state index is 12.7. The summed E-state index contributed by atoms with van der Waals surface area (Å²) in [6, 6.07) is 4.77. The fourth-order valence-electron chi connectivity index (χ4n) is 2.47. The number of benzene rings is 1. The van der Waals surface area contributed by atoms with Gasteiger partial charge in [-0.05, 0) is 30.7 Å². The number of aromatic nitrogens is 1. The largest absolute Gasteiger partial charge is 0.348 e. The molecule has 116 valence electrons. The van der Waals surface area contributed by atoms with Gasteiger partial charge in [0.1, 0.15) is 0 Å². The lowest BCUT2D eigenvalue weighted by Crippen LogP contribution is -2.37. The Labute approximate surface area is 132 Å². The maximum atomic E-state index is 12.7. The predicted octanol–water partition coefficient (Wildman–Crippen LogP) is 1.36. The number of amides is 1. The van der Waals surface area contributed by atoms with Crippen molar-refractivity contribution in [3.63, 3.8) is 0 Å². The maximum Gasteiger partial charge on any atom is 0.243 e. The summed E-state index contributed by atoms with van der Waals surface area (Å²) in [5.41, 5.74) is 2.49. The van der Waals surface area contributed by atoms with Crippen molar-refractivity contribution in [3.05, 3.63) is 36.4 Å². The molecule has 1 saturated heterocycles. The molecule has 0 unspecified atom stereocenters. The molecular weight excluding hydrogens is 322 g/mol. The zero-order valence-electron chi connectivity index (χ0n) is 11.7. The summed E-state index contributed by atoms with van der Waals surface area (Å²) in [5, 5.41) is 2.74. The number of sulfonamides is 1. The van der Waals surface area contributed by atoms with E-state index in [4.69, 9.17) is 0 Å². The first-order valence-corrected chi connectivity index (χ1v) is 9.09. The van der Waals surface area contributed by atoms with Crippen LogP contribution in [0.2, 0.25) is 0 Å². The van der Waals surface area contributed by atoms with Crippen LogP contribution in [0, 0.1) is 0 Å². The lowest BCUT2D eigenvalue weighted by molar-refractivity contribution is -0.117. The van der Waals surface area contributed by atoms with Gasteiger partial charge in [-0.15, -0.1) is 11.3 Å². The first-order valence-electron chi connectivity index (χ1n) is 6.77. The molecule has 1 fully saturated rings. The molecule has 1 atom stereocenters. The fourth-order valence-corrected chi connectivity index (χ4v) is 4.79. The number of carbonyl (C=O) groups is 1. The van der Waals surface area contributed by atoms with Crippen LogP contribution in [-0.2, 0) is 14.8 Å². The highest BCUT2D eigenvalue weighted by molar-refractivity contribution is 7.89. The van der Waals surface area contributed by atoms with Crippen LogP contribution in [0.5, 0.6) is 0 Å². The Balaban J connectivity index is 1.81. The Hall–Kier alpha value is -1.77. The molecule has 6 nitrogen and oxygen atoms in total. The summed E-state index contributed by atoms with van der Waals surface area (Å²) in [4.78, 5) is 15.7. The minimum absolute atomic E-state index is 0.174. The van der Waals surface area contributed by atoms with Gasteiger partial charge in [0.15, 0.2) is 0 Å². The quantitative estimate of drug-likeness (QED) is 0.855. The number of thiazole rings is 1. The summed E-state index contributed by atoms with van der Waals surface area (Å²) in [6.07, 6.45) is 1.79. The van der Waals surface area contributed by atoms with Crippen LogP contribution in [0.15, 0.2) is 41.3 Å². The van der Waals surface area contributed by atoms with Crippen molar-refractivity contribution in [1.29, 1.82) is 0 Å². The molecule has 1 aromatic heterocycles. The van der Waals surface area contributed by atoms with Crippen LogP contribution in [0.1, 0.15) is 6.42 Å². The molecule has 0 spiro atoms. The molecule has 22 heavy (non-hydrogen) atoms. The molecule has 0 saturated carbocycles. The third-order valence-corrected chi connectivity index (χ3v) is 6.28. The number of nitrogens with zero attached hydrogens (tertiary/aromatic N) is 2. The third kappa shape index (κ3) is 2.77. The molecule has 0 aliphatic carbocycles.